The number of hydrogen-bond acceptors (Lipinski definition) is 7. The molecule has 0 fully saturated rings. The first-order valence-corrected chi connectivity index (χ1v) is 26.0. The number of rotatable bonds is 47. The summed E-state index contributed by atoms with van der Waals surface area (Å²) in [5, 5.41) is 0. The van der Waals surface area contributed by atoms with Crippen molar-refractivity contribution in [3.63, 3.8) is 0 Å². The summed E-state index contributed by atoms with van der Waals surface area (Å²) in [6, 6.07) is 0. The van der Waals surface area contributed by atoms with Gasteiger partial charge in [-0.15, -0.1) is 0 Å². The van der Waals surface area contributed by atoms with Crippen LogP contribution in [0.3, 0.4) is 0 Å². The van der Waals surface area contributed by atoms with Crippen molar-refractivity contribution in [1.82, 2.24) is 0 Å². The third kappa shape index (κ3) is 45.8. The zero-order chi connectivity index (χ0) is 42.3. The summed E-state index contributed by atoms with van der Waals surface area (Å²) in [6.45, 7) is 4.86. The molecule has 8 nitrogen and oxygen atoms in total. The predicted molar refractivity (Wildman–Crippen MR) is 247 cm³/mol. The van der Waals surface area contributed by atoms with Crippen molar-refractivity contribution in [1.29, 1.82) is 0 Å². The largest absolute Gasteiger partial charge is 0.472 e. The number of carbonyl (C=O) groups excluding carboxylic acids is 1. The van der Waals surface area contributed by atoms with Gasteiger partial charge < -0.3 is 20.1 Å². The van der Waals surface area contributed by atoms with E-state index in [2.05, 4.69) is 50.3 Å². The Bertz CT molecular complexity index is 988. The molecular weight excluding hydrogens is 746 g/mol. The Kier molecular flexibility index (Phi) is 45.7. The Labute approximate surface area is 358 Å². The van der Waals surface area contributed by atoms with Crippen LogP contribution in [0.1, 0.15) is 232 Å². The maximum atomic E-state index is 12.6. The first kappa shape index (κ1) is 56.7. The van der Waals surface area contributed by atoms with Crippen molar-refractivity contribution in [3.05, 3.63) is 36.5 Å². The first-order valence-electron chi connectivity index (χ1n) is 24.5. The summed E-state index contributed by atoms with van der Waals surface area (Å²) in [4.78, 5) is 22.5. The highest BCUT2D eigenvalue weighted by atomic mass is 31.2. The average molecular weight is 840 g/mol. The van der Waals surface area contributed by atoms with Crippen molar-refractivity contribution < 1.29 is 32.8 Å². The monoisotopic (exact) mass is 840 g/mol. The summed E-state index contributed by atoms with van der Waals surface area (Å²) < 4.78 is 33.5. The maximum Gasteiger partial charge on any atom is 0.472 e. The minimum atomic E-state index is -4.28. The van der Waals surface area contributed by atoms with Gasteiger partial charge in [0, 0.05) is 19.6 Å². The lowest BCUT2D eigenvalue weighted by Crippen LogP contribution is -2.28. The van der Waals surface area contributed by atoms with Gasteiger partial charge in [0.25, 0.3) is 0 Å². The Morgan fingerprint density at radius 1 is 0.517 bits per heavy atom. The van der Waals surface area contributed by atoms with E-state index < -0.39 is 13.9 Å². The van der Waals surface area contributed by atoms with Crippen molar-refractivity contribution >= 4 is 13.8 Å². The number of phosphoric ester groups is 1. The third-order valence-corrected chi connectivity index (χ3v) is 11.5. The molecule has 0 aromatic rings. The number of carbonyl (C=O) groups is 1. The molecule has 0 spiro atoms. The highest BCUT2D eigenvalue weighted by Gasteiger charge is 2.25. The standard InChI is InChI=1S/C49H94NO7P/c1-3-5-7-9-11-13-15-17-18-19-20-21-22-23-24-25-26-27-28-29-31-33-35-37-39-41-44-54-46-48(47-56-58(52,53)55-45-43-50)57-49(51)42-40-38-36-34-32-30-16-14-12-10-8-6-4-2/h8,10,14,16,19-20,48H,3-7,9,11-13,15,17-18,21-47,50H2,1-2H3,(H,52,53)/b10-8-,16-14-,20-19-. The van der Waals surface area contributed by atoms with E-state index in [4.69, 9.17) is 24.3 Å². The summed E-state index contributed by atoms with van der Waals surface area (Å²) in [7, 11) is -4.28. The van der Waals surface area contributed by atoms with Crippen molar-refractivity contribution in [3.8, 4) is 0 Å². The minimum Gasteiger partial charge on any atom is -0.457 e. The molecule has 2 unspecified atom stereocenters. The van der Waals surface area contributed by atoms with Crippen LogP contribution in [0.15, 0.2) is 36.5 Å². The fraction of sp³-hybridized carbons (Fsp3) is 0.857. The fourth-order valence-corrected chi connectivity index (χ4v) is 7.68. The summed E-state index contributed by atoms with van der Waals surface area (Å²) in [6.07, 6.45) is 54.7. The maximum absolute atomic E-state index is 12.6. The SMILES string of the molecule is CCC/C=C\C/C=C\CCCCCCCC(=O)OC(COCCCCCCCCCCCCCCCC/C=C\CCCCCCCCCC)COP(=O)(O)OCCN. The molecule has 9 heteroatoms. The molecule has 3 N–H and O–H groups in total. The zero-order valence-electron chi connectivity index (χ0n) is 38.0. The van der Waals surface area contributed by atoms with E-state index in [0.29, 0.717) is 13.0 Å². The number of allylic oxidation sites excluding steroid dienone is 6. The Balaban J connectivity index is 3.86. The van der Waals surface area contributed by atoms with Gasteiger partial charge in [0.15, 0.2) is 0 Å². The molecule has 2 atom stereocenters. The molecule has 0 aromatic heterocycles. The van der Waals surface area contributed by atoms with Gasteiger partial charge in [0.1, 0.15) is 6.10 Å². The van der Waals surface area contributed by atoms with E-state index in [1.54, 1.807) is 0 Å². The molecule has 0 amide bonds. The van der Waals surface area contributed by atoms with Gasteiger partial charge in [0.2, 0.25) is 0 Å². The molecule has 0 aliphatic heterocycles. The van der Waals surface area contributed by atoms with Crippen molar-refractivity contribution in [2.45, 2.75) is 238 Å². The van der Waals surface area contributed by atoms with E-state index in [9.17, 15) is 14.3 Å². The molecule has 0 aliphatic carbocycles. The summed E-state index contributed by atoms with van der Waals surface area (Å²) >= 11 is 0. The minimum absolute atomic E-state index is 0.0977. The van der Waals surface area contributed by atoms with Crippen LogP contribution in [0.4, 0.5) is 0 Å². The van der Waals surface area contributed by atoms with Crippen LogP contribution in [0, 0.1) is 0 Å². The van der Waals surface area contributed by atoms with E-state index in [-0.39, 0.29) is 32.3 Å². The Morgan fingerprint density at radius 3 is 1.43 bits per heavy atom. The second-order valence-corrected chi connectivity index (χ2v) is 17.8. The van der Waals surface area contributed by atoms with Crippen molar-refractivity contribution in [2.24, 2.45) is 5.73 Å². The van der Waals surface area contributed by atoms with Crippen LogP contribution >= 0.6 is 7.82 Å². The Hall–Kier alpha value is -1.28. The number of unbranched alkanes of at least 4 members (excludes halogenated alkanes) is 28. The predicted octanol–water partition coefficient (Wildman–Crippen LogP) is 15.0. The molecule has 0 radical (unpaired) electrons. The molecule has 0 saturated carbocycles. The van der Waals surface area contributed by atoms with Gasteiger partial charge in [-0.2, -0.15) is 0 Å². The van der Waals surface area contributed by atoms with Crippen molar-refractivity contribution in [2.75, 3.05) is 33.0 Å². The lowest BCUT2D eigenvalue weighted by Gasteiger charge is -2.20. The second-order valence-electron chi connectivity index (χ2n) is 16.3. The van der Waals surface area contributed by atoms with Gasteiger partial charge >= 0.3 is 13.8 Å². The molecule has 0 bridgehead atoms. The highest BCUT2D eigenvalue weighted by molar-refractivity contribution is 7.47. The third-order valence-electron chi connectivity index (χ3n) is 10.5. The average Bonchev–Trinajstić information content (AvgIpc) is 3.21. The zero-order valence-corrected chi connectivity index (χ0v) is 38.9. The summed E-state index contributed by atoms with van der Waals surface area (Å²) in [5.41, 5.74) is 5.38. The lowest BCUT2D eigenvalue weighted by atomic mass is 10.0. The number of esters is 1. The normalized spacial score (nSPS) is 13.7. The number of phosphoric acid groups is 1. The van der Waals surface area contributed by atoms with Crippen LogP contribution in [-0.2, 0) is 27.9 Å². The molecule has 58 heavy (non-hydrogen) atoms. The van der Waals surface area contributed by atoms with Crippen LogP contribution in [-0.4, -0.2) is 49.9 Å². The number of ether oxygens (including phenoxy) is 2. The van der Waals surface area contributed by atoms with Gasteiger partial charge in [-0.25, -0.2) is 4.57 Å². The van der Waals surface area contributed by atoms with Gasteiger partial charge in [0.05, 0.1) is 19.8 Å². The molecular formula is C49H94NO7P. The van der Waals surface area contributed by atoms with E-state index >= 15 is 0 Å². The lowest BCUT2D eigenvalue weighted by molar-refractivity contribution is -0.154. The Morgan fingerprint density at radius 2 is 0.948 bits per heavy atom. The quantitative estimate of drug-likeness (QED) is 0.0269. The van der Waals surface area contributed by atoms with E-state index in [0.717, 1.165) is 64.2 Å². The number of nitrogens with two attached hydrogens (primary N) is 1. The van der Waals surface area contributed by atoms with E-state index in [1.165, 1.54) is 148 Å². The van der Waals surface area contributed by atoms with Gasteiger partial charge in [-0.1, -0.05) is 198 Å². The van der Waals surface area contributed by atoms with Gasteiger partial charge in [-0.05, 0) is 64.2 Å². The van der Waals surface area contributed by atoms with E-state index in [1.807, 2.05) is 0 Å². The number of hydrogen-bond donors (Lipinski definition) is 2. The molecule has 0 rings (SSSR count). The molecule has 0 saturated heterocycles. The van der Waals surface area contributed by atoms with Crippen LogP contribution in [0.2, 0.25) is 0 Å². The highest BCUT2D eigenvalue weighted by Crippen LogP contribution is 2.43. The van der Waals surface area contributed by atoms with Crippen LogP contribution in [0.5, 0.6) is 0 Å². The molecule has 342 valence electrons. The molecule has 0 aliphatic rings. The smallest absolute Gasteiger partial charge is 0.457 e. The topological polar surface area (TPSA) is 117 Å². The summed E-state index contributed by atoms with van der Waals surface area (Å²) in [5.74, 6) is -0.343. The second kappa shape index (κ2) is 46.8. The van der Waals surface area contributed by atoms with Gasteiger partial charge in [-0.3, -0.25) is 13.8 Å². The first-order chi connectivity index (χ1) is 28.4. The molecule has 0 heterocycles. The van der Waals surface area contributed by atoms with Crippen LogP contribution < -0.4 is 5.73 Å². The van der Waals surface area contributed by atoms with Crippen LogP contribution in [0.25, 0.3) is 0 Å². The molecule has 0 aromatic carbocycles. The fourth-order valence-electron chi connectivity index (χ4n) is 6.91.